The van der Waals surface area contributed by atoms with Gasteiger partial charge in [-0.25, -0.2) is 0 Å². The van der Waals surface area contributed by atoms with E-state index in [1.807, 2.05) is 0 Å². The Bertz CT molecular complexity index is 519. The van der Waals surface area contributed by atoms with Crippen molar-refractivity contribution in [3.05, 3.63) is 40.9 Å². The fourth-order valence-electron chi connectivity index (χ4n) is 1.39. The molecule has 20 heavy (non-hydrogen) atoms. The van der Waals surface area contributed by atoms with E-state index in [0.717, 1.165) is 4.90 Å². The highest BCUT2D eigenvalue weighted by molar-refractivity contribution is 6.34. The summed E-state index contributed by atoms with van der Waals surface area (Å²) in [5, 5.41) is 9.45. The highest BCUT2D eigenvalue weighted by Gasteiger charge is 2.16. The normalized spacial score (nSPS) is 9.90. The van der Waals surface area contributed by atoms with Gasteiger partial charge in [0.1, 0.15) is 12.3 Å². The smallest absolute Gasteiger partial charge is 0.323 e. The first-order valence-electron chi connectivity index (χ1n) is 5.62. The number of aliphatic carboxylic acids is 1. The van der Waals surface area contributed by atoms with Gasteiger partial charge < -0.3 is 14.7 Å². The van der Waals surface area contributed by atoms with Crippen LogP contribution in [0.5, 0.6) is 5.75 Å². The molecule has 0 saturated carbocycles. The molecule has 0 atom stereocenters. The number of amides is 1. The fraction of sp³-hybridized carbons (Fsp3) is 0.231. The molecule has 108 valence electrons. The third-order valence-electron chi connectivity index (χ3n) is 2.27. The number of hydrogen-bond acceptors (Lipinski definition) is 3. The van der Waals surface area contributed by atoms with Crippen LogP contribution in [0, 0.1) is 0 Å². The minimum atomic E-state index is -1.11. The van der Waals surface area contributed by atoms with Crippen LogP contribution >= 0.6 is 23.2 Å². The van der Waals surface area contributed by atoms with Crippen molar-refractivity contribution in [1.82, 2.24) is 4.90 Å². The number of ether oxygens (including phenoxy) is 1. The monoisotopic (exact) mass is 317 g/mol. The van der Waals surface area contributed by atoms with Crippen molar-refractivity contribution >= 4 is 35.1 Å². The van der Waals surface area contributed by atoms with Crippen molar-refractivity contribution in [3.63, 3.8) is 0 Å². The molecule has 1 N–H and O–H groups in total. The van der Waals surface area contributed by atoms with Crippen molar-refractivity contribution in [2.45, 2.75) is 0 Å². The molecule has 0 aliphatic heterocycles. The maximum atomic E-state index is 11.9. The zero-order chi connectivity index (χ0) is 15.1. The number of carboxylic acid groups (broad SMARTS) is 1. The van der Waals surface area contributed by atoms with Crippen LogP contribution in [0.2, 0.25) is 10.0 Å². The van der Waals surface area contributed by atoms with Gasteiger partial charge in [-0.2, -0.15) is 0 Å². The second-order valence-electron chi connectivity index (χ2n) is 3.82. The first-order valence-corrected chi connectivity index (χ1v) is 6.38. The van der Waals surface area contributed by atoms with Gasteiger partial charge in [0, 0.05) is 17.6 Å². The minimum Gasteiger partial charge on any atom is -0.482 e. The number of rotatable bonds is 7. The van der Waals surface area contributed by atoms with Crippen LogP contribution in [-0.4, -0.2) is 41.6 Å². The second kappa shape index (κ2) is 7.77. The van der Waals surface area contributed by atoms with E-state index >= 15 is 0 Å². The molecule has 0 radical (unpaired) electrons. The molecule has 0 aliphatic rings. The van der Waals surface area contributed by atoms with Crippen LogP contribution in [0.3, 0.4) is 0 Å². The van der Waals surface area contributed by atoms with Gasteiger partial charge in [0.2, 0.25) is 0 Å². The molecule has 1 rings (SSSR count). The first-order chi connectivity index (χ1) is 9.43. The van der Waals surface area contributed by atoms with Crippen LogP contribution in [-0.2, 0) is 9.59 Å². The van der Waals surface area contributed by atoms with Crippen LogP contribution < -0.4 is 4.74 Å². The van der Waals surface area contributed by atoms with Gasteiger partial charge in [0.25, 0.3) is 5.91 Å². The molecular weight excluding hydrogens is 305 g/mol. The summed E-state index contributed by atoms with van der Waals surface area (Å²) in [6.07, 6.45) is 1.44. The van der Waals surface area contributed by atoms with Gasteiger partial charge in [-0.15, -0.1) is 6.58 Å². The summed E-state index contributed by atoms with van der Waals surface area (Å²) < 4.78 is 5.25. The van der Waals surface area contributed by atoms with Gasteiger partial charge in [-0.1, -0.05) is 29.3 Å². The Labute approximate surface area is 126 Å². The number of carbonyl (C=O) groups excluding carboxylic acids is 1. The number of benzene rings is 1. The zero-order valence-electron chi connectivity index (χ0n) is 10.5. The molecule has 1 aromatic carbocycles. The number of hydrogen-bond donors (Lipinski definition) is 1. The van der Waals surface area contributed by atoms with Crippen LogP contribution in [0.4, 0.5) is 0 Å². The molecule has 0 spiro atoms. The Balaban J connectivity index is 2.66. The number of carbonyl (C=O) groups is 2. The van der Waals surface area contributed by atoms with Gasteiger partial charge >= 0.3 is 5.97 Å². The molecule has 5 nitrogen and oxygen atoms in total. The number of nitrogens with zero attached hydrogens (tertiary/aromatic N) is 1. The van der Waals surface area contributed by atoms with Crippen molar-refractivity contribution in [2.75, 3.05) is 19.7 Å². The summed E-state index contributed by atoms with van der Waals surface area (Å²) in [7, 11) is 0. The minimum absolute atomic E-state index is 0.123. The molecule has 0 heterocycles. The Morgan fingerprint density at radius 2 is 2.10 bits per heavy atom. The van der Waals surface area contributed by atoms with E-state index in [9.17, 15) is 9.59 Å². The average Bonchev–Trinajstić information content (AvgIpc) is 2.38. The van der Waals surface area contributed by atoms with E-state index < -0.39 is 18.4 Å². The Morgan fingerprint density at radius 1 is 1.40 bits per heavy atom. The summed E-state index contributed by atoms with van der Waals surface area (Å²) in [4.78, 5) is 23.6. The van der Waals surface area contributed by atoms with Crippen LogP contribution in [0.1, 0.15) is 0 Å². The maximum absolute atomic E-state index is 11.9. The quantitative estimate of drug-likeness (QED) is 0.784. The molecule has 1 amide bonds. The topological polar surface area (TPSA) is 66.8 Å². The molecular formula is C13H13Cl2NO4. The van der Waals surface area contributed by atoms with Gasteiger partial charge in [0.05, 0.1) is 5.02 Å². The van der Waals surface area contributed by atoms with Crippen molar-refractivity contribution in [2.24, 2.45) is 0 Å². The lowest BCUT2D eigenvalue weighted by atomic mass is 10.3. The van der Waals surface area contributed by atoms with E-state index in [2.05, 4.69) is 6.58 Å². The summed E-state index contributed by atoms with van der Waals surface area (Å²) in [5.41, 5.74) is 0. The second-order valence-corrected chi connectivity index (χ2v) is 4.66. The Morgan fingerprint density at radius 3 is 2.70 bits per heavy atom. The van der Waals surface area contributed by atoms with Crippen LogP contribution in [0.25, 0.3) is 0 Å². The van der Waals surface area contributed by atoms with Gasteiger partial charge in [0.15, 0.2) is 6.61 Å². The zero-order valence-corrected chi connectivity index (χ0v) is 12.0. The Hall–Kier alpha value is -1.72. The third kappa shape index (κ3) is 5.11. The largest absolute Gasteiger partial charge is 0.482 e. The number of carboxylic acids is 1. The molecule has 0 fully saturated rings. The summed E-state index contributed by atoms with van der Waals surface area (Å²) >= 11 is 11.7. The average molecular weight is 318 g/mol. The lowest BCUT2D eigenvalue weighted by molar-refractivity contribution is -0.144. The van der Waals surface area contributed by atoms with Crippen molar-refractivity contribution in [3.8, 4) is 5.75 Å². The third-order valence-corrected chi connectivity index (χ3v) is 2.82. The molecule has 0 unspecified atom stereocenters. The van der Waals surface area contributed by atoms with Crippen molar-refractivity contribution < 1.29 is 19.4 Å². The van der Waals surface area contributed by atoms with E-state index in [1.165, 1.54) is 12.1 Å². The predicted octanol–water partition coefficient (Wildman–Crippen LogP) is 2.47. The summed E-state index contributed by atoms with van der Waals surface area (Å²) in [6.45, 7) is 2.84. The standard InChI is InChI=1S/C13H13Cl2NO4/c1-2-5-16(7-13(18)19)12(17)8-20-11-6-9(14)3-4-10(11)15/h2-4,6H,1,5,7-8H2,(H,18,19). The molecule has 0 saturated heterocycles. The SMILES string of the molecule is C=CCN(CC(=O)O)C(=O)COc1cc(Cl)ccc1Cl. The van der Waals surface area contributed by atoms with Gasteiger partial charge in [-0.3, -0.25) is 9.59 Å². The molecule has 7 heteroatoms. The van der Waals surface area contributed by atoms with Crippen LogP contribution in [0.15, 0.2) is 30.9 Å². The van der Waals surface area contributed by atoms with Crippen molar-refractivity contribution in [1.29, 1.82) is 0 Å². The Kier molecular flexibility index (Phi) is 6.35. The molecule has 0 bridgehead atoms. The fourth-order valence-corrected chi connectivity index (χ4v) is 1.73. The number of halogens is 2. The van der Waals surface area contributed by atoms with E-state index in [-0.39, 0.29) is 18.9 Å². The molecule has 0 aromatic heterocycles. The first kappa shape index (κ1) is 16.3. The summed E-state index contributed by atoms with van der Waals surface area (Å²) in [5.74, 6) is -1.33. The summed E-state index contributed by atoms with van der Waals surface area (Å²) in [6, 6.07) is 4.61. The lowest BCUT2D eigenvalue weighted by Crippen LogP contribution is -2.38. The predicted molar refractivity (Wildman–Crippen MR) is 76.4 cm³/mol. The highest BCUT2D eigenvalue weighted by Crippen LogP contribution is 2.27. The van der Waals surface area contributed by atoms with E-state index in [0.29, 0.717) is 10.0 Å². The highest BCUT2D eigenvalue weighted by atomic mass is 35.5. The van der Waals surface area contributed by atoms with E-state index in [4.69, 9.17) is 33.0 Å². The molecule has 1 aromatic rings. The van der Waals surface area contributed by atoms with E-state index in [1.54, 1.807) is 12.1 Å². The maximum Gasteiger partial charge on any atom is 0.323 e. The lowest BCUT2D eigenvalue weighted by Gasteiger charge is -2.19. The molecule has 0 aliphatic carbocycles. The van der Waals surface area contributed by atoms with Gasteiger partial charge in [-0.05, 0) is 12.1 Å².